The molecule has 0 spiro atoms. The molecule has 1 heterocycles. The first-order chi connectivity index (χ1) is 17.7. The van der Waals surface area contributed by atoms with Crippen LogP contribution in [0.1, 0.15) is 36.3 Å². The highest BCUT2D eigenvalue weighted by Gasteiger charge is 2.38. The molecule has 0 fully saturated rings. The van der Waals surface area contributed by atoms with Gasteiger partial charge in [0.25, 0.3) is 11.6 Å². The van der Waals surface area contributed by atoms with Gasteiger partial charge in [-0.25, -0.2) is 0 Å². The van der Waals surface area contributed by atoms with Gasteiger partial charge in [-0.3, -0.25) is 19.7 Å². The number of anilines is 1. The van der Waals surface area contributed by atoms with Crippen LogP contribution in [-0.2, 0) is 14.3 Å². The lowest BCUT2D eigenvalue weighted by Crippen LogP contribution is -2.27. The Morgan fingerprint density at radius 2 is 2.05 bits per heavy atom. The molecule has 4 rings (SSSR count). The number of ketones is 1. The van der Waals surface area contributed by atoms with E-state index >= 15 is 0 Å². The van der Waals surface area contributed by atoms with E-state index in [-0.39, 0.29) is 41.0 Å². The second-order valence-electron chi connectivity index (χ2n) is 8.54. The van der Waals surface area contributed by atoms with Gasteiger partial charge in [0.2, 0.25) is 5.88 Å². The van der Waals surface area contributed by atoms with Crippen molar-refractivity contribution >= 4 is 23.1 Å². The smallest absolute Gasteiger partial charge is 0.271 e. The maximum atomic E-state index is 12.8. The number of nitro groups is 1. The first-order valence-corrected chi connectivity index (χ1v) is 11.4. The summed E-state index contributed by atoms with van der Waals surface area (Å²) in [6.45, 7) is 1.33. The lowest BCUT2D eigenvalue weighted by atomic mass is 9.77. The number of nitrogens with zero attached hydrogens (tertiary/aromatic N) is 2. The molecule has 1 unspecified atom stereocenters. The van der Waals surface area contributed by atoms with Crippen LogP contribution in [0.25, 0.3) is 0 Å². The van der Waals surface area contributed by atoms with E-state index in [2.05, 4.69) is 11.4 Å². The van der Waals surface area contributed by atoms with Gasteiger partial charge in [0, 0.05) is 30.5 Å². The molecule has 1 amide bonds. The molecule has 0 radical (unpaired) electrons. The van der Waals surface area contributed by atoms with E-state index in [0.717, 1.165) is 0 Å². The zero-order chi connectivity index (χ0) is 26.7. The van der Waals surface area contributed by atoms with Crippen LogP contribution < -0.4 is 20.5 Å². The van der Waals surface area contributed by atoms with Gasteiger partial charge in [0.05, 0.1) is 23.6 Å². The molecule has 0 aromatic heterocycles. The first-order valence-electron chi connectivity index (χ1n) is 11.4. The molecule has 2 aliphatic rings. The number of allylic oxidation sites excluding steroid dienone is 3. The first kappa shape index (κ1) is 25.2. The van der Waals surface area contributed by atoms with Crippen LogP contribution >= 0.6 is 0 Å². The molecule has 3 N–H and O–H groups in total. The largest absolute Gasteiger partial charge is 0.493 e. The zero-order valence-electron chi connectivity index (χ0n) is 20.2. The molecule has 0 saturated carbocycles. The number of nitrogens with two attached hydrogens (primary N) is 1. The van der Waals surface area contributed by atoms with Crippen molar-refractivity contribution < 1.29 is 28.7 Å². The van der Waals surface area contributed by atoms with Gasteiger partial charge in [-0.15, -0.1) is 0 Å². The molecular formula is C26H24N4O7. The Morgan fingerprint density at radius 3 is 2.76 bits per heavy atom. The predicted molar refractivity (Wildman–Crippen MR) is 131 cm³/mol. The summed E-state index contributed by atoms with van der Waals surface area (Å²) in [5.74, 6) is -0.347. The molecular weight excluding hydrogens is 480 g/mol. The van der Waals surface area contributed by atoms with Gasteiger partial charge < -0.3 is 25.3 Å². The third kappa shape index (κ3) is 5.08. The normalized spacial score (nSPS) is 16.9. The van der Waals surface area contributed by atoms with Gasteiger partial charge >= 0.3 is 0 Å². The van der Waals surface area contributed by atoms with E-state index in [0.29, 0.717) is 47.4 Å². The van der Waals surface area contributed by atoms with Crippen LogP contribution in [0.5, 0.6) is 11.5 Å². The Bertz CT molecular complexity index is 1400. The zero-order valence-corrected chi connectivity index (χ0v) is 20.2. The SMILES string of the molecule is COc1cc(C2C(C#N)=C(N)OC3=C2C(=O)CCC3)ccc1OCC(=O)Nc1cc([N+](=O)[O-])ccc1C. The van der Waals surface area contributed by atoms with Crippen LogP contribution in [0, 0.1) is 28.4 Å². The van der Waals surface area contributed by atoms with Crippen molar-refractivity contribution in [1.82, 2.24) is 0 Å². The molecule has 1 aliphatic heterocycles. The Hall–Kier alpha value is -4.85. The molecule has 0 saturated heterocycles. The number of hydrogen-bond acceptors (Lipinski definition) is 9. The van der Waals surface area contributed by atoms with Crippen LogP contribution in [0.2, 0.25) is 0 Å². The number of Topliss-reactive ketones (excluding diaryl/α,β-unsaturated/α-hetero) is 1. The highest BCUT2D eigenvalue weighted by atomic mass is 16.6. The lowest BCUT2D eigenvalue weighted by molar-refractivity contribution is -0.384. The average Bonchev–Trinajstić information content (AvgIpc) is 2.87. The Kier molecular flexibility index (Phi) is 7.11. The number of carbonyl (C=O) groups is 2. The van der Waals surface area contributed by atoms with E-state index in [1.165, 1.54) is 19.2 Å². The third-order valence-electron chi connectivity index (χ3n) is 6.19. The van der Waals surface area contributed by atoms with Crippen molar-refractivity contribution in [1.29, 1.82) is 5.26 Å². The fourth-order valence-electron chi connectivity index (χ4n) is 4.36. The third-order valence-corrected chi connectivity index (χ3v) is 6.19. The highest BCUT2D eigenvalue weighted by molar-refractivity contribution is 5.99. The van der Waals surface area contributed by atoms with E-state index in [1.807, 2.05) is 0 Å². The maximum absolute atomic E-state index is 12.8. The summed E-state index contributed by atoms with van der Waals surface area (Å²) in [7, 11) is 1.42. The summed E-state index contributed by atoms with van der Waals surface area (Å²) in [5.41, 5.74) is 7.96. The number of benzene rings is 2. The van der Waals surface area contributed by atoms with Gasteiger partial charge in [0.1, 0.15) is 17.4 Å². The standard InChI is InChI=1S/C26H24N4O7/c1-14-6-8-16(30(33)34)11-18(14)29-23(32)13-36-20-9-7-15(10-22(20)35-2)24-17(12-27)26(28)37-21-5-3-4-19(31)25(21)24/h6-11,24H,3-5,13,28H2,1-2H3,(H,29,32). The van der Waals surface area contributed by atoms with Gasteiger partial charge in [-0.2, -0.15) is 5.26 Å². The summed E-state index contributed by atoms with van der Waals surface area (Å²) < 4.78 is 16.7. The number of non-ortho nitro benzene ring substituents is 1. The van der Waals surface area contributed by atoms with Crippen LogP contribution in [-0.4, -0.2) is 30.3 Å². The number of carbonyl (C=O) groups excluding carboxylic acids is 2. The number of amides is 1. The molecule has 11 heteroatoms. The summed E-state index contributed by atoms with van der Waals surface area (Å²) in [4.78, 5) is 35.7. The monoisotopic (exact) mass is 504 g/mol. The Morgan fingerprint density at radius 1 is 1.27 bits per heavy atom. The van der Waals surface area contributed by atoms with Crippen LogP contribution in [0.3, 0.4) is 0 Å². The minimum Gasteiger partial charge on any atom is -0.493 e. The molecule has 0 bridgehead atoms. The fraction of sp³-hybridized carbons (Fsp3) is 0.269. The summed E-state index contributed by atoms with van der Waals surface area (Å²) in [6.07, 6.45) is 1.55. The van der Waals surface area contributed by atoms with Crippen molar-refractivity contribution in [3.05, 3.63) is 80.4 Å². The quantitative estimate of drug-likeness (QED) is 0.421. The van der Waals surface area contributed by atoms with E-state index < -0.39 is 16.7 Å². The van der Waals surface area contributed by atoms with E-state index in [9.17, 15) is 25.0 Å². The number of methoxy groups -OCH3 is 1. The topological polar surface area (TPSA) is 167 Å². The number of aryl methyl sites for hydroxylation is 1. The number of rotatable bonds is 7. The van der Waals surface area contributed by atoms with Crippen molar-refractivity contribution in [3.8, 4) is 17.6 Å². The molecule has 1 atom stereocenters. The fourth-order valence-corrected chi connectivity index (χ4v) is 4.36. The van der Waals surface area contributed by atoms with E-state index in [1.54, 1.807) is 31.2 Å². The molecule has 1 aliphatic carbocycles. The summed E-state index contributed by atoms with van der Waals surface area (Å²) >= 11 is 0. The van der Waals surface area contributed by atoms with Gasteiger partial charge in [0.15, 0.2) is 23.9 Å². The van der Waals surface area contributed by atoms with Gasteiger partial charge in [-0.1, -0.05) is 12.1 Å². The number of nitriles is 1. The van der Waals surface area contributed by atoms with Crippen molar-refractivity contribution in [2.75, 3.05) is 19.0 Å². The number of hydrogen-bond donors (Lipinski definition) is 2. The van der Waals surface area contributed by atoms with Gasteiger partial charge in [-0.05, 0) is 36.6 Å². The Labute approximate surface area is 212 Å². The number of nitrogens with one attached hydrogen (secondary N) is 1. The van der Waals surface area contributed by atoms with Crippen molar-refractivity contribution in [3.63, 3.8) is 0 Å². The molecule has 2 aromatic rings. The van der Waals surface area contributed by atoms with Crippen molar-refractivity contribution in [2.24, 2.45) is 5.73 Å². The predicted octanol–water partition coefficient (Wildman–Crippen LogP) is 3.74. The summed E-state index contributed by atoms with van der Waals surface area (Å²) in [5, 5.41) is 23.4. The lowest BCUT2D eigenvalue weighted by Gasteiger charge is -2.31. The minimum atomic E-state index is -0.704. The Balaban J connectivity index is 1.55. The second-order valence-corrected chi connectivity index (χ2v) is 8.54. The van der Waals surface area contributed by atoms with Crippen molar-refractivity contribution in [2.45, 2.75) is 32.1 Å². The van der Waals surface area contributed by atoms with E-state index in [4.69, 9.17) is 19.9 Å². The summed E-state index contributed by atoms with van der Waals surface area (Å²) in [6, 6.07) is 11.1. The average molecular weight is 504 g/mol. The van der Waals surface area contributed by atoms with Crippen LogP contribution in [0.15, 0.2) is 59.2 Å². The highest BCUT2D eigenvalue weighted by Crippen LogP contribution is 2.45. The maximum Gasteiger partial charge on any atom is 0.271 e. The minimum absolute atomic E-state index is 0.0339. The van der Waals surface area contributed by atoms with Crippen LogP contribution in [0.4, 0.5) is 11.4 Å². The number of nitro benzene ring substituents is 1. The second kappa shape index (κ2) is 10.4. The molecule has 37 heavy (non-hydrogen) atoms. The molecule has 2 aromatic carbocycles. The number of ether oxygens (including phenoxy) is 3. The molecule has 190 valence electrons. The molecule has 11 nitrogen and oxygen atoms in total.